The minimum absolute atomic E-state index is 0.0675. The molecule has 0 bridgehead atoms. The summed E-state index contributed by atoms with van der Waals surface area (Å²) in [7, 11) is -2.79. The number of carbonyl (C=O) groups excluding carboxylic acids is 1. The zero-order valence-corrected chi connectivity index (χ0v) is 19.9. The van der Waals surface area contributed by atoms with Crippen molar-refractivity contribution in [1.82, 2.24) is 0 Å². The quantitative estimate of drug-likeness (QED) is 0.344. The van der Waals surface area contributed by atoms with Crippen molar-refractivity contribution in [1.29, 1.82) is 5.26 Å². The van der Waals surface area contributed by atoms with Crippen molar-refractivity contribution < 1.29 is 22.7 Å². The van der Waals surface area contributed by atoms with Crippen LogP contribution in [0.15, 0.2) is 83.3 Å². The monoisotopic (exact) mass is 476 g/mol. The Bertz CT molecular complexity index is 1320. The SMILES string of the molecule is CCOc1ccc(N(C(=O)/C(C#N)=C/c2ccc(OC)cc2)S(=O)(=O)c2ccc(C)cc2)cc1. The zero-order valence-electron chi connectivity index (χ0n) is 19.1. The predicted octanol–water partition coefficient (Wildman–Crippen LogP) is 4.73. The number of rotatable bonds is 8. The number of nitriles is 1. The normalized spacial score (nSPS) is 11.4. The summed E-state index contributed by atoms with van der Waals surface area (Å²) in [6, 6.07) is 20.8. The average Bonchev–Trinajstić information content (AvgIpc) is 2.84. The van der Waals surface area contributed by atoms with E-state index >= 15 is 0 Å². The molecule has 0 saturated heterocycles. The summed E-state index contributed by atoms with van der Waals surface area (Å²) in [5.74, 6) is 0.170. The maximum atomic E-state index is 13.6. The van der Waals surface area contributed by atoms with E-state index in [9.17, 15) is 18.5 Å². The van der Waals surface area contributed by atoms with Crippen LogP contribution in [0.4, 0.5) is 5.69 Å². The van der Waals surface area contributed by atoms with Gasteiger partial charge in [0.1, 0.15) is 23.1 Å². The molecule has 0 spiro atoms. The van der Waals surface area contributed by atoms with Gasteiger partial charge < -0.3 is 9.47 Å². The number of sulfonamides is 1. The van der Waals surface area contributed by atoms with Crippen LogP contribution in [0.3, 0.4) is 0 Å². The van der Waals surface area contributed by atoms with E-state index in [0.29, 0.717) is 28.0 Å². The largest absolute Gasteiger partial charge is 0.497 e. The molecule has 0 unspecified atom stereocenters. The number of hydrogen-bond donors (Lipinski definition) is 0. The average molecular weight is 477 g/mol. The predicted molar refractivity (Wildman–Crippen MR) is 130 cm³/mol. The number of ether oxygens (including phenoxy) is 2. The number of aryl methyl sites for hydroxylation is 1. The Kier molecular flexibility index (Phi) is 7.71. The minimum atomic E-state index is -4.32. The first-order valence-electron chi connectivity index (χ1n) is 10.4. The smallest absolute Gasteiger partial charge is 0.282 e. The molecule has 1 amide bonds. The molecule has 0 saturated carbocycles. The number of hydrogen-bond acceptors (Lipinski definition) is 6. The van der Waals surface area contributed by atoms with Crippen LogP contribution in [0, 0.1) is 18.3 Å². The molecule has 0 aliphatic carbocycles. The number of benzene rings is 3. The summed E-state index contributed by atoms with van der Waals surface area (Å²) in [6.45, 7) is 4.10. The minimum Gasteiger partial charge on any atom is -0.497 e. The molecule has 0 N–H and O–H groups in total. The third-order valence-corrected chi connectivity index (χ3v) is 6.63. The lowest BCUT2D eigenvalue weighted by Crippen LogP contribution is -2.37. The van der Waals surface area contributed by atoms with Gasteiger partial charge in [-0.1, -0.05) is 29.8 Å². The van der Waals surface area contributed by atoms with Crippen LogP contribution in [-0.2, 0) is 14.8 Å². The van der Waals surface area contributed by atoms with Crippen LogP contribution in [0.5, 0.6) is 11.5 Å². The standard InChI is InChI=1S/C26H24N2O5S/c1-4-33-24-13-9-22(10-14-24)28(34(30,31)25-15-5-19(2)6-16-25)26(29)21(18-27)17-20-7-11-23(32-3)12-8-20/h5-17H,4H2,1-3H3/b21-17+. The molecule has 0 heterocycles. The van der Waals surface area contributed by atoms with Crippen LogP contribution in [0.25, 0.3) is 6.08 Å². The molecule has 0 aromatic heterocycles. The van der Waals surface area contributed by atoms with E-state index in [-0.39, 0.29) is 16.2 Å². The second-order valence-corrected chi connectivity index (χ2v) is 9.04. The van der Waals surface area contributed by atoms with E-state index in [1.165, 1.54) is 37.5 Å². The van der Waals surface area contributed by atoms with Crippen LogP contribution >= 0.6 is 0 Å². The highest BCUT2D eigenvalue weighted by Gasteiger charge is 2.33. The fourth-order valence-electron chi connectivity index (χ4n) is 3.14. The van der Waals surface area contributed by atoms with Gasteiger partial charge in [0, 0.05) is 0 Å². The maximum Gasteiger partial charge on any atom is 0.282 e. The molecule has 3 aromatic rings. The summed E-state index contributed by atoms with van der Waals surface area (Å²) in [6.07, 6.45) is 1.34. The summed E-state index contributed by atoms with van der Waals surface area (Å²) < 4.78 is 38.3. The Morgan fingerprint density at radius 2 is 1.56 bits per heavy atom. The first-order valence-corrected chi connectivity index (χ1v) is 11.9. The molecule has 34 heavy (non-hydrogen) atoms. The van der Waals surface area contributed by atoms with Gasteiger partial charge in [0.25, 0.3) is 15.9 Å². The molecule has 174 valence electrons. The van der Waals surface area contributed by atoms with Crippen molar-refractivity contribution in [2.24, 2.45) is 0 Å². The van der Waals surface area contributed by atoms with Gasteiger partial charge in [0.05, 0.1) is 24.3 Å². The molecule has 7 nitrogen and oxygen atoms in total. The summed E-state index contributed by atoms with van der Waals surface area (Å²) in [4.78, 5) is 13.4. The van der Waals surface area contributed by atoms with Crippen molar-refractivity contribution in [3.8, 4) is 17.6 Å². The molecule has 8 heteroatoms. The molecule has 3 aromatic carbocycles. The molecule has 0 fully saturated rings. The van der Waals surface area contributed by atoms with E-state index in [1.807, 2.05) is 19.9 Å². The number of anilines is 1. The summed E-state index contributed by atoms with van der Waals surface area (Å²) in [5.41, 5.74) is 1.17. The van der Waals surface area contributed by atoms with Gasteiger partial charge in [-0.05, 0) is 74.0 Å². The van der Waals surface area contributed by atoms with Gasteiger partial charge in [-0.15, -0.1) is 0 Å². The molecule has 0 aliphatic rings. The van der Waals surface area contributed by atoms with Crippen LogP contribution in [0.1, 0.15) is 18.1 Å². The van der Waals surface area contributed by atoms with Crippen molar-refractivity contribution in [2.75, 3.05) is 18.0 Å². The maximum absolute atomic E-state index is 13.6. The Morgan fingerprint density at radius 3 is 2.09 bits per heavy atom. The molecule has 0 radical (unpaired) electrons. The van der Waals surface area contributed by atoms with Gasteiger partial charge in [0.15, 0.2) is 0 Å². The van der Waals surface area contributed by atoms with Gasteiger partial charge in [0.2, 0.25) is 0 Å². The molecular formula is C26H24N2O5S. The molecule has 0 aliphatic heterocycles. The number of amides is 1. The lowest BCUT2D eigenvalue weighted by atomic mass is 10.1. The van der Waals surface area contributed by atoms with E-state index in [1.54, 1.807) is 48.5 Å². The topological polar surface area (TPSA) is 96.7 Å². The fourth-order valence-corrected chi connectivity index (χ4v) is 4.55. The van der Waals surface area contributed by atoms with Gasteiger partial charge in [-0.3, -0.25) is 4.79 Å². The fraction of sp³-hybridized carbons (Fsp3) is 0.154. The highest BCUT2D eigenvalue weighted by molar-refractivity contribution is 7.93. The third kappa shape index (κ3) is 5.45. The summed E-state index contributed by atoms with van der Waals surface area (Å²) in [5, 5.41) is 9.74. The lowest BCUT2D eigenvalue weighted by Gasteiger charge is -2.23. The first-order chi connectivity index (χ1) is 16.3. The van der Waals surface area contributed by atoms with Crippen molar-refractivity contribution in [3.63, 3.8) is 0 Å². The summed E-state index contributed by atoms with van der Waals surface area (Å²) >= 11 is 0. The Morgan fingerprint density at radius 1 is 0.971 bits per heavy atom. The second kappa shape index (κ2) is 10.7. The Balaban J connectivity index is 2.11. The number of carbonyl (C=O) groups is 1. The lowest BCUT2D eigenvalue weighted by molar-refractivity contribution is -0.113. The number of methoxy groups -OCH3 is 1. The van der Waals surface area contributed by atoms with Crippen LogP contribution < -0.4 is 13.8 Å². The van der Waals surface area contributed by atoms with Crippen LogP contribution in [-0.4, -0.2) is 28.0 Å². The Hall–Kier alpha value is -4.09. The molecular weight excluding hydrogens is 452 g/mol. The van der Waals surface area contributed by atoms with Crippen molar-refractivity contribution in [2.45, 2.75) is 18.7 Å². The van der Waals surface area contributed by atoms with Gasteiger partial charge in [-0.2, -0.15) is 9.57 Å². The van der Waals surface area contributed by atoms with Gasteiger partial charge in [-0.25, -0.2) is 8.42 Å². The highest BCUT2D eigenvalue weighted by atomic mass is 32.2. The number of nitrogens with zero attached hydrogens (tertiary/aromatic N) is 2. The van der Waals surface area contributed by atoms with E-state index in [2.05, 4.69) is 0 Å². The van der Waals surface area contributed by atoms with E-state index in [0.717, 1.165) is 5.56 Å². The zero-order chi connectivity index (χ0) is 24.7. The highest BCUT2D eigenvalue weighted by Crippen LogP contribution is 2.28. The van der Waals surface area contributed by atoms with Crippen molar-refractivity contribution in [3.05, 3.63) is 89.5 Å². The third-order valence-electron chi connectivity index (χ3n) is 4.90. The van der Waals surface area contributed by atoms with Gasteiger partial charge >= 0.3 is 0 Å². The van der Waals surface area contributed by atoms with E-state index < -0.39 is 15.9 Å². The van der Waals surface area contributed by atoms with Crippen LogP contribution in [0.2, 0.25) is 0 Å². The molecule has 3 rings (SSSR count). The van der Waals surface area contributed by atoms with Crippen molar-refractivity contribution >= 4 is 27.7 Å². The van der Waals surface area contributed by atoms with E-state index in [4.69, 9.17) is 9.47 Å². The Labute approximate surface area is 199 Å². The first kappa shape index (κ1) is 24.6. The molecule has 0 atom stereocenters. The second-order valence-electron chi connectivity index (χ2n) is 7.26.